The first kappa shape index (κ1) is 34.6. The molecule has 9 aromatic rings. The van der Waals surface area contributed by atoms with Crippen LogP contribution in [0.25, 0.3) is 71.5 Å². The van der Waals surface area contributed by atoms with Gasteiger partial charge in [-0.3, -0.25) is 4.99 Å². The van der Waals surface area contributed by atoms with Crippen LogP contribution in [0.2, 0.25) is 0 Å². The number of thiophene rings is 1. The van der Waals surface area contributed by atoms with Crippen LogP contribution >= 0.6 is 11.3 Å². The van der Waals surface area contributed by atoms with Crippen molar-refractivity contribution in [3.05, 3.63) is 197 Å². The zero-order valence-electron chi connectivity index (χ0n) is 32.2. The van der Waals surface area contributed by atoms with Gasteiger partial charge in [0.1, 0.15) is 11.2 Å². The molecule has 2 aliphatic rings. The Morgan fingerprint density at radius 1 is 0.603 bits per heavy atom. The molecule has 3 nitrogen and oxygen atoms in total. The number of aryl methyl sites for hydroxylation is 1. The summed E-state index contributed by atoms with van der Waals surface area (Å²) in [5.74, 6) is 0.910. The molecule has 1 aliphatic heterocycles. The van der Waals surface area contributed by atoms with E-state index in [0.717, 1.165) is 75.0 Å². The summed E-state index contributed by atoms with van der Waals surface area (Å²) in [6.45, 7) is 2.25. The number of hydrogen-bond donors (Lipinski definition) is 0. The predicted molar refractivity (Wildman–Crippen MR) is 245 cm³/mol. The van der Waals surface area contributed by atoms with Crippen molar-refractivity contribution in [3.63, 3.8) is 0 Å². The van der Waals surface area contributed by atoms with Crippen LogP contribution in [0.15, 0.2) is 184 Å². The van der Waals surface area contributed by atoms with Gasteiger partial charge in [-0.2, -0.15) is 0 Å². The molecule has 2 unspecified atom stereocenters. The Balaban J connectivity index is 0.966. The van der Waals surface area contributed by atoms with Crippen molar-refractivity contribution in [3.8, 4) is 33.4 Å². The summed E-state index contributed by atoms with van der Waals surface area (Å²) in [6, 6.07) is 58.9. The first-order chi connectivity index (χ1) is 28.7. The average Bonchev–Trinajstić information content (AvgIpc) is 3.87. The molecule has 4 heteroatoms. The minimum absolute atomic E-state index is 0.0290. The summed E-state index contributed by atoms with van der Waals surface area (Å²) in [5, 5.41) is 3.61. The van der Waals surface area contributed by atoms with Crippen LogP contribution in [-0.2, 0) is 6.42 Å². The van der Waals surface area contributed by atoms with E-state index in [4.69, 9.17) is 14.4 Å². The minimum Gasteiger partial charge on any atom is -0.456 e. The quantitative estimate of drug-likeness (QED) is 0.159. The third-order valence-electron chi connectivity index (χ3n) is 12.0. The fraction of sp³-hybridized carbons (Fsp3) is 0.111. The van der Waals surface area contributed by atoms with Crippen molar-refractivity contribution in [1.82, 2.24) is 0 Å². The van der Waals surface area contributed by atoms with E-state index in [0.29, 0.717) is 0 Å². The molecule has 7 aromatic carbocycles. The van der Waals surface area contributed by atoms with Crippen molar-refractivity contribution in [2.24, 2.45) is 15.9 Å². The van der Waals surface area contributed by atoms with Gasteiger partial charge in [-0.05, 0) is 106 Å². The van der Waals surface area contributed by atoms with Gasteiger partial charge < -0.3 is 4.42 Å². The third-order valence-corrected chi connectivity index (χ3v) is 13.2. The molecule has 0 bridgehead atoms. The maximum atomic E-state index is 6.51. The highest BCUT2D eigenvalue weighted by molar-refractivity contribution is 7.19. The number of nitrogens with zero attached hydrogens (tertiary/aromatic N) is 2. The zero-order chi connectivity index (χ0) is 38.6. The molecule has 0 N–H and O–H groups in total. The Kier molecular flexibility index (Phi) is 8.59. The van der Waals surface area contributed by atoms with Gasteiger partial charge in [-0.25, -0.2) is 4.99 Å². The molecule has 0 saturated carbocycles. The SMILES string of the molecule is CCC1C(c2cccc(-c3cccc4oc5ccc(-c6ccc(-c7ccc8sc9c(c8c7)C=CCC9)cc6)cc5c34)c2)=NC(c2ccccc2)=NC1c1ccccc1. The number of aliphatic imine (C=N–C) groups is 2. The van der Waals surface area contributed by atoms with Crippen LogP contribution in [0.4, 0.5) is 0 Å². The number of rotatable bonds is 7. The van der Waals surface area contributed by atoms with E-state index >= 15 is 0 Å². The molecule has 1 aliphatic carbocycles. The molecular weight excluding hydrogens is 725 g/mol. The number of furan rings is 1. The number of fused-ring (bicyclic) bond motifs is 6. The molecule has 0 saturated heterocycles. The average molecular weight is 765 g/mol. The van der Waals surface area contributed by atoms with Crippen LogP contribution in [0.3, 0.4) is 0 Å². The van der Waals surface area contributed by atoms with Crippen LogP contribution in [0.1, 0.15) is 52.9 Å². The van der Waals surface area contributed by atoms with Crippen LogP contribution in [0, 0.1) is 5.92 Å². The summed E-state index contributed by atoms with van der Waals surface area (Å²) in [6.07, 6.45) is 7.83. The Bertz CT molecular complexity index is 3090. The molecule has 3 heterocycles. The van der Waals surface area contributed by atoms with Crippen molar-refractivity contribution >= 4 is 61.0 Å². The monoisotopic (exact) mass is 764 g/mol. The second kappa shape index (κ2) is 14.4. The summed E-state index contributed by atoms with van der Waals surface area (Å²) in [4.78, 5) is 12.1. The van der Waals surface area contributed by atoms with Crippen molar-refractivity contribution in [1.29, 1.82) is 0 Å². The zero-order valence-corrected chi connectivity index (χ0v) is 33.0. The maximum absolute atomic E-state index is 6.51. The van der Waals surface area contributed by atoms with Gasteiger partial charge in [0.15, 0.2) is 5.84 Å². The predicted octanol–water partition coefficient (Wildman–Crippen LogP) is 14.8. The van der Waals surface area contributed by atoms with E-state index < -0.39 is 0 Å². The van der Waals surface area contributed by atoms with E-state index in [1.54, 1.807) is 0 Å². The van der Waals surface area contributed by atoms with E-state index in [9.17, 15) is 0 Å². The molecule has 11 rings (SSSR count). The van der Waals surface area contributed by atoms with Crippen molar-refractivity contribution < 1.29 is 4.42 Å². The Morgan fingerprint density at radius 3 is 2.09 bits per heavy atom. The van der Waals surface area contributed by atoms with Gasteiger partial charge in [-0.15, -0.1) is 11.3 Å². The highest BCUT2D eigenvalue weighted by Gasteiger charge is 2.32. The van der Waals surface area contributed by atoms with Gasteiger partial charge in [-0.1, -0.05) is 146 Å². The topological polar surface area (TPSA) is 37.9 Å². The lowest BCUT2D eigenvalue weighted by molar-refractivity contribution is 0.532. The fourth-order valence-electron chi connectivity index (χ4n) is 9.05. The van der Waals surface area contributed by atoms with Crippen molar-refractivity contribution in [2.45, 2.75) is 32.2 Å². The number of amidine groups is 1. The number of benzene rings is 7. The molecule has 278 valence electrons. The normalized spacial score (nSPS) is 16.4. The molecule has 0 spiro atoms. The third kappa shape index (κ3) is 6.04. The van der Waals surface area contributed by atoms with Gasteiger partial charge in [0, 0.05) is 37.2 Å². The number of hydrogen-bond acceptors (Lipinski definition) is 4. The molecule has 58 heavy (non-hydrogen) atoms. The second-order valence-corrected chi connectivity index (χ2v) is 16.6. The van der Waals surface area contributed by atoms with E-state index in [1.165, 1.54) is 48.3 Å². The standard InChI is InChI=1S/C54H40N2OS/c1-2-42-52(36-13-5-3-6-14-36)55-54(37-15-7-4-8-16-37)56-53(42)41-18-11-17-40(31-41)43-20-12-21-48-51(43)46-33-38(27-29-47(46)57-48)34-23-25-35(26-24-34)39-28-30-50-45(32-39)44-19-9-10-22-49(44)58-50/h3-9,11-21,23-33,42,52H,2,10,22H2,1H3. The van der Waals surface area contributed by atoms with Gasteiger partial charge in [0.05, 0.1) is 11.8 Å². The molecular formula is C54H40N2OS. The lowest BCUT2D eigenvalue weighted by Gasteiger charge is -2.30. The molecule has 2 aromatic heterocycles. The fourth-order valence-corrected chi connectivity index (χ4v) is 10.2. The second-order valence-electron chi connectivity index (χ2n) is 15.4. The lowest BCUT2D eigenvalue weighted by Crippen LogP contribution is -2.28. The molecule has 0 fully saturated rings. The largest absolute Gasteiger partial charge is 0.456 e. The van der Waals surface area contributed by atoms with Crippen LogP contribution in [-0.4, -0.2) is 11.5 Å². The molecule has 0 radical (unpaired) electrons. The summed E-state index contributed by atoms with van der Waals surface area (Å²) >= 11 is 1.94. The van der Waals surface area contributed by atoms with E-state index in [-0.39, 0.29) is 12.0 Å². The van der Waals surface area contributed by atoms with Gasteiger partial charge in [0.2, 0.25) is 0 Å². The Morgan fingerprint density at radius 2 is 1.29 bits per heavy atom. The summed E-state index contributed by atoms with van der Waals surface area (Å²) in [7, 11) is 0. The van der Waals surface area contributed by atoms with E-state index in [1.807, 2.05) is 17.4 Å². The van der Waals surface area contributed by atoms with Crippen molar-refractivity contribution in [2.75, 3.05) is 0 Å². The smallest absolute Gasteiger partial charge is 0.155 e. The summed E-state index contributed by atoms with van der Waals surface area (Å²) < 4.78 is 7.89. The lowest BCUT2D eigenvalue weighted by atomic mass is 9.82. The van der Waals surface area contributed by atoms with Gasteiger partial charge in [0.25, 0.3) is 0 Å². The first-order valence-electron chi connectivity index (χ1n) is 20.3. The Hall–Kier alpha value is -6.62. The maximum Gasteiger partial charge on any atom is 0.155 e. The van der Waals surface area contributed by atoms with Crippen LogP contribution in [0.5, 0.6) is 0 Å². The molecule has 0 amide bonds. The summed E-state index contributed by atoms with van der Waals surface area (Å²) in [5.41, 5.74) is 14.7. The molecule has 2 atom stereocenters. The van der Waals surface area contributed by atoms with Gasteiger partial charge >= 0.3 is 0 Å². The highest BCUT2D eigenvalue weighted by Crippen LogP contribution is 2.42. The van der Waals surface area contributed by atoms with E-state index in [2.05, 4.69) is 177 Å². The Labute approximate surface area is 342 Å². The van der Waals surface area contributed by atoms with Crippen LogP contribution < -0.4 is 0 Å². The minimum atomic E-state index is -0.0290. The number of allylic oxidation sites excluding steroid dienone is 1. The first-order valence-corrected chi connectivity index (χ1v) is 21.2. The highest BCUT2D eigenvalue weighted by atomic mass is 32.1.